The average Bonchev–Trinajstić information content (AvgIpc) is 2.72. The first-order chi connectivity index (χ1) is 10.9. The Labute approximate surface area is 133 Å². The summed E-state index contributed by atoms with van der Waals surface area (Å²) < 4.78 is 0. The summed E-state index contributed by atoms with van der Waals surface area (Å²) in [5.74, 6) is -1.01. The Kier molecular flexibility index (Phi) is 3.70. The molecule has 1 heterocycles. The van der Waals surface area contributed by atoms with Gasteiger partial charge in [-0.1, -0.05) is 29.3 Å². The fraction of sp³-hybridized carbons (Fsp3) is 0.167. The monoisotopic (exact) mass is 308 g/mol. The van der Waals surface area contributed by atoms with E-state index in [2.05, 4.69) is 16.7 Å². The van der Waals surface area contributed by atoms with Crippen LogP contribution in [0.15, 0.2) is 36.4 Å². The molecule has 0 aliphatic carbocycles. The third kappa shape index (κ3) is 3.13. The second-order valence-electron chi connectivity index (χ2n) is 5.76. The number of amides is 3. The molecule has 5 heteroatoms. The van der Waals surface area contributed by atoms with Crippen molar-refractivity contribution in [3.05, 3.63) is 64.2 Å². The number of hydrogen-bond donors (Lipinski definition) is 2. The van der Waals surface area contributed by atoms with Crippen molar-refractivity contribution in [1.82, 2.24) is 5.32 Å². The van der Waals surface area contributed by atoms with E-state index in [1.54, 1.807) is 12.1 Å². The van der Waals surface area contributed by atoms with Crippen LogP contribution in [0.2, 0.25) is 0 Å². The van der Waals surface area contributed by atoms with E-state index in [0.29, 0.717) is 16.8 Å². The molecule has 3 amide bonds. The van der Waals surface area contributed by atoms with Crippen molar-refractivity contribution in [2.24, 2.45) is 0 Å². The van der Waals surface area contributed by atoms with Crippen LogP contribution < -0.4 is 10.6 Å². The van der Waals surface area contributed by atoms with Gasteiger partial charge in [0.15, 0.2) is 0 Å². The predicted octanol–water partition coefficient (Wildman–Crippen LogP) is 2.37. The molecular weight excluding hydrogens is 292 g/mol. The van der Waals surface area contributed by atoms with Crippen LogP contribution in [0.5, 0.6) is 0 Å². The highest BCUT2D eigenvalue weighted by atomic mass is 16.2. The van der Waals surface area contributed by atoms with E-state index < -0.39 is 11.8 Å². The second-order valence-corrected chi connectivity index (χ2v) is 5.76. The smallest absolute Gasteiger partial charge is 0.259 e. The molecule has 23 heavy (non-hydrogen) atoms. The van der Waals surface area contributed by atoms with Gasteiger partial charge in [-0.3, -0.25) is 19.7 Å². The van der Waals surface area contributed by atoms with Crippen LogP contribution in [-0.2, 0) is 11.2 Å². The first kappa shape index (κ1) is 15.0. The van der Waals surface area contributed by atoms with Gasteiger partial charge in [-0.2, -0.15) is 0 Å². The lowest BCUT2D eigenvalue weighted by Crippen LogP contribution is -2.19. The highest BCUT2D eigenvalue weighted by Crippen LogP contribution is 2.20. The number of carbonyl (C=O) groups is 3. The van der Waals surface area contributed by atoms with Gasteiger partial charge in [-0.25, -0.2) is 0 Å². The Morgan fingerprint density at radius 1 is 0.957 bits per heavy atom. The minimum absolute atomic E-state index is 0.167. The van der Waals surface area contributed by atoms with E-state index >= 15 is 0 Å². The molecule has 2 N–H and O–H groups in total. The molecule has 0 radical (unpaired) electrons. The van der Waals surface area contributed by atoms with E-state index in [1.165, 1.54) is 6.07 Å². The SMILES string of the molecule is Cc1cc(C)cc(CC(=O)Nc2ccc3c(c2)C(=O)NC3=O)c1. The lowest BCUT2D eigenvalue weighted by molar-refractivity contribution is -0.115. The van der Waals surface area contributed by atoms with Crippen molar-refractivity contribution < 1.29 is 14.4 Å². The number of anilines is 1. The van der Waals surface area contributed by atoms with Crippen molar-refractivity contribution in [3.8, 4) is 0 Å². The molecule has 2 aromatic carbocycles. The number of benzene rings is 2. The first-order valence-corrected chi connectivity index (χ1v) is 7.29. The van der Waals surface area contributed by atoms with Gasteiger partial charge in [0.25, 0.3) is 11.8 Å². The van der Waals surface area contributed by atoms with Crippen LogP contribution >= 0.6 is 0 Å². The van der Waals surface area contributed by atoms with Gasteiger partial charge in [-0.05, 0) is 37.6 Å². The van der Waals surface area contributed by atoms with Gasteiger partial charge < -0.3 is 5.32 Å². The molecule has 0 spiro atoms. The van der Waals surface area contributed by atoms with Gasteiger partial charge >= 0.3 is 0 Å². The highest BCUT2D eigenvalue weighted by molar-refractivity contribution is 6.22. The van der Waals surface area contributed by atoms with Crippen LogP contribution in [0.3, 0.4) is 0 Å². The molecule has 1 aliphatic heterocycles. The summed E-state index contributed by atoms with van der Waals surface area (Å²) in [5.41, 5.74) is 4.29. The molecule has 5 nitrogen and oxygen atoms in total. The van der Waals surface area contributed by atoms with Crippen molar-refractivity contribution in [2.45, 2.75) is 20.3 Å². The fourth-order valence-corrected chi connectivity index (χ4v) is 2.81. The summed E-state index contributed by atoms with van der Waals surface area (Å²) in [6, 6.07) is 10.7. The quantitative estimate of drug-likeness (QED) is 0.855. The number of aryl methyl sites for hydroxylation is 2. The molecule has 0 saturated heterocycles. The van der Waals surface area contributed by atoms with Gasteiger partial charge in [0, 0.05) is 5.69 Å². The summed E-state index contributed by atoms with van der Waals surface area (Å²) in [7, 11) is 0. The van der Waals surface area contributed by atoms with Crippen LogP contribution in [0, 0.1) is 13.8 Å². The summed E-state index contributed by atoms with van der Waals surface area (Å²) in [4.78, 5) is 35.3. The second kappa shape index (κ2) is 5.68. The fourth-order valence-electron chi connectivity index (χ4n) is 2.81. The van der Waals surface area contributed by atoms with E-state index in [0.717, 1.165) is 16.7 Å². The first-order valence-electron chi connectivity index (χ1n) is 7.29. The van der Waals surface area contributed by atoms with E-state index in [-0.39, 0.29) is 12.3 Å². The van der Waals surface area contributed by atoms with Crippen LogP contribution in [0.4, 0.5) is 5.69 Å². The molecule has 116 valence electrons. The van der Waals surface area contributed by atoms with Crippen LogP contribution in [0.1, 0.15) is 37.4 Å². The molecular formula is C18H16N2O3. The highest BCUT2D eigenvalue weighted by Gasteiger charge is 2.26. The van der Waals surface area contributed by atoms with Gasteiger partial charge in [0.05, 0.1) is 17.5 Å². The molecule has 0 saturated carbocycles. The Balaban J connectivity index is 1.75. The minimum atomic E-state index is -0.435. The number of imide groups is 1. The van der Waals surface area contributed by atoms with E-state index in [9.17, 15) is 14.4 Å². The summed E-state index contributed by atoms with van der Waals surface area (Å²) in [6.45, 7) is 3.98. The van der Waals surface area contributed by atoms with Crippen molar-refractivity contribution in [2.75, 3.05) is 5.32 Å². The Morgan fingerprint density at radius 3 is 2.30 bits per heavy atom. The van der Waals surface area contributed by atoms with Gasteiger partial charge in [0.1, 0.15) is 0 Å². The van der Waals surface area contributed by atoms with Crippen molar-refractivity contribution >= 4 is 23.4 Å². The Hall–Kier alpha value is -2.95. The topological polar surface area (TPSA) is 75.3 Å². The predicted molar refractivity (Wildman–Crippen MR) is 86.5 cm³/mol. The zero-order chi connectivity index (χ0) is 16.6. The molecule has 0 fully saturated rings. The third-order valence-electron chi connectivity index (χ3n) is 3.67. The van der Waals surface area contributed by atoms with Gasteiger partial charge in [-0.15, -0.1) is 0 Å². The molecule has 0 bridgehead atoms. The maximum atomic E-state index is 12.2. The molecule has 0 atom stereocenters. The summed E-state index contributed by atoms with van der Waals surface area (Å²) in [5, 5.41) is 4.99. The maximum absolute atomic E-state index is 12.2. The molecule has 2 aromatic rings. The molecule has 3 rings (SSSR count). The minimum Gasteiger partial charge on any atom is -0.326 e. The third-order valence-corrected chi connectivity index (χ3v) is 3.67. The van der Waals surface area contributed by atoms with Crippen LogP contribution in [-0.4, -0.2) is 17.7 Å². The lowest BCUT2D eigenvalue weighted by atomic mass is 10.0. The van der Waals surface area contributed by atoms with Crippen LogP contribution in [0.25, 0.3) is 0 Å². The number of fused-ring (bicyclic) bond motifs is 1. The summed E-state index contributed by atoms with van der Waals surface area (Å²) >= 11 is 0. The van der Waals surface area contributed by atoms with E-state index in [4.69, 9.17) is 0 Å². The zero-order valence-corrected chi connectivity index (χ0v) is 12.9. The number of hydrogen-bond acceptors (Lipinski definition) is 3. The lowest BCUT2D eigenvalue weighted by Gasteiger charge is -2.08. The normalized spacial score (nSPS) is 12.8. The Bertz CT molecular complexity index is 820. The van der Waals surface area contributed by atoms with Crippen molar-refractivity contribution in [3.63, 3.8) is 0 Å². The molecule has 0 aromatic heterocycles. The average molecular weight is 308 g/mol. The molecule has 1 aliphatic rings. The molecule has 0 unspecified atom stereocenters. The van der Waals surface area contributed by atoms with E-state index in [1.807, 2.05) is 26.0 Å². The van der Waals surface area contributed by atoms with Crippen molar-refractivity contribution in [1.29, 1.82) is 0 Å². The number of nitrogens with one attached hydrogen (secondary N) is 2. The zero-order valence-electron chi connectivity index (χ0n) is 12.9. The number of rotatable bonds is 3. The summed E-state index contributed by atoms with van der Waals surface area (Å²) in [6.07, 6.45) is 0.255. The number of carbonyl (C=O) groups excluding carboxylic acids is 3. The maximum Gasteiger partial charge on any atom is 0.259 e. The largest absolute Gasteiger partial charge is 0.326 e. The standard InChI is InChI=1S/C18H16N2O3/c1-10-5-11(2)7-12(6-10)8-16(21)19-13-3-4-14-15(9-13)18(23)20-17(14)22/h3-7,9H,8H2,1-2H3,(H,19,21)(H,20,22,23). The Morgan fingerprint density at radius 2 is 1.61 bits per heavy atom. The van der Waals surface area contributed by atoms with Gasteiger partial charge in [0.2, 0.25) is 5.91 Å².